The first-order valence-corrected chi connectivity index (χ1v) is 8.62. The molecule has 9 heteroatoms. The number of carbonyl (C=O) groups excluding carboxylic acids is 2. The van der Waals surface area contributed by atoms with E-state index in [1.165, 1.54) is 12.1 Å². The molecule has 1 aromatic rings. The van der Waals surface area contributed by atoms with Gasteiger partial charge in [0.1, 0.15) is 11.8 Å². The maximum absolute atomic E-state index is 13.0. The largest absolute Gasteiger partial charge is 0.461 e. The number of hydrazone groups is 1. The Hall–Kier alpha value is -2.55. The molecule has 0 saturated carbocycles. The number of esters is 1. The number of alkyl halides is 2. The Labute approximate surface area is 156 Å². The first-order valence-electron chi connectivity index (χ1n) is 8.62. The summed E-state index contributed by atoms with van der Waals surface area (Å²) in [6.07, 6.45) is -2.69. The zero-order valence-corrected chi connectivity index (χ0v) is 15.3. The van der Waals surface area contributed by atoms with Crippen LogP contribution < -0.4 is 5.01 Å². The van der Waals surface area contributed by atoms with Crippen LogP contribution in [0.5, 0.6) is 0 Å². The third kappa shape index (κ3) is 5.46. The van der Waals surface area contributed by atoms with Crippen LogP contribution in [0, 0.1) is 0 Å². The minimum Gasteiger partial charge on any atom is -0.461 e. The summed E-state index contributed by atoms with van der Waals surface area (Å²) < 4.78 is 35.7. The Balaban J connectivity index is 2.28. The lowest BCUT2D eigenvalue weighted by molar-refractivity contribution is -0.135. The molecule has 0 spiro atoms. The van der Waals surface area contributed by atoms with Crippen molar-refractivity contribution in [2.45, 2.75) is 25.8 Å². The van der Waals surface area contributed by atoms with Gasteiger partial charge in [-0.05, 0) is 19.1 Å². The predicted molar refractivity (Wildman–Crippen MR) is 95.9 cm³/mol. The van der Waals surface area contributed by atoms with E-state index in [1.807, 2.05) is 0 Å². The van der Waals surface area contributed by atoms with Crippen LogP contribution in [0.25, 0.3) is 0 Å². The van der Waals surface area contributed by atoms with Gasteiger partial charge < -0.3 is 14.4 Å². The quantitative estimate of drug-likeness (QED) is 0.610. The topological polar surface area (TPSA) is 71.4 Å². The van der Waals surface area contributed by atoms with Crippen molar-refractivity contribution in [1.29, 1.82) is 0 Å². The van der Waals surface area contributed by atoms with Gasteiger partial charge >= 0.3 is 5.97 Å². The van der Waals surface area contributed by atoms with Gasteiger partial charge in [0, 0.05) is 20.1 Å². The molecular weight excluding hydrogens is 360 g/mol. The summed E-state index contributed by atoms with van der Waals surface area (Å²) in [6, 6.07) is 7.87. The summed E-state index contributed by atoms with van der Waals surface area (Å²) >= 11 is 0. The summed E-state index contributed by atoms with van der Waals surface area (Å²) in [4.78, 5) is 26.1. The molecule has 2 rings (SSSR count). The first kappa shape index (κ1) is 20.8. The third-order valence-electron chi connectivity index (χ3n) is 3.96. The number of amides is 1. The van der Waals surface area contributed by atoms with E-state index in [-0.39, 0.29) is 31.9 Å². The van der Waals surface area contributed by atoms with E-state index >= 15 is 0 Å². The number of halogens is 2. The first-order chi connectivity index (χ1) is 13.0. The number of hydrogen-bond donors (Lipinski definition) is 0. The lowest BCUT2D eigenvalue weighted by atomic mass is 10.1. The molecule has 0 radical (unpaired) electrons. The Morgan fingerprint density at radius 2 is 2.04 bits per heavy atom. The molecule has 7 nitrogen and oxygen atoms in total. The molecule has 1 aliphatic heterocycles. The predicted octanol–water partition coefficient (Wildman–Crippen LogP) is 1.92. The smallest absolute Gasteiger partial charge is 0.354 e. The molecule has 1 unspecified atom stereocenters. The molecule has 0 bridgehead atoms. The highest BCUT2D eigenvalue weighted by molar-refractivity contribution is 6.38. The molecular formula is C18H23F2N3O4. The highest BCUT2D eigenvalue weighted by Gasteiger charge is 2.39. The fourth-order valence-electron chi connectivity index (χ4n) is 2.73. The summed E-state index contributed by atoms with van der Waals surface area (Å²) in [5.41, 5.74) is 0.668. The second-order valence-corrected chi connectivity index (χ2v) is 5.84. The summed E-state index contributed by atoms with van der Waals surface area (Å²) in [6.45, 7) is 1.28. The number of carbonyl (C=O) groups is 2. The van der Waals surface area contributed by atoms with Crippen molar-refractivity contribution < 1.29 is 27.8 Å². The maximum Gasteiger partial charge on any atom is 0.354 e. The second kappa shape index (κ2) is 9.96. The number of nitrogens with zero attached hydrogens (tertiary/aromatic N) is 3. The number of anilines is 1. The number of para-hydroxylation sites is 1. The Morgan fingerprint density at radius 1 is 1.33 bits per heavy atom. The molecule has 1 aromatic carbocycles. The molecule has 0 fully saturated rings. The average Bonchev–Trinajstić information content (AvgIpc) is 3.10. The van der Waals surface area contributed by atoms with Gasteiger partial charge in [-0.2, -0.15) is 5.10 Å². The zero-order valence-electron chi connectivity index (χ0n) is 15.3. The standard InChI is InChI=1S/C18H23F2N3O4/c1-3-27-18(25)14-11-15(23(21-14)13-7-5-4-6-8-13)17(24)22(9-10-26-2)12-16(19)20/h4-8,15-16H,3,9-12H2,1-2H3. The highest BCUT2D eigenvalue weighted by atomic mass is 19.3. The minimum atomic E-state index is -2.68. The van der Waals surface area contributed by atoms with Gasteiger partial charge in [0.15, 0.2) is 0 Å². The molecule has 0 aromatic heterocycles. The lowest BCUT2D eigenvalue weighted by Gasteiger charge is -2.29. The Kier molecular flexibility index (Phi) is 7.66. The number of rotatable bonds is 9. The van der Waals surface area contributed by atoms with Gasteiger partial charge in [0.05, 0.1) is 25.4 Å². The molecule has 1 heterocycles. The number of methoxy groups -OCH3 is 1. The molecule has 148 valence electrons. The van der Waals surface area contributed by atoms with Crippen molar-refractivity contribution in [3.63, 3.8) is 0 Å². The van der Waals surface area contributed by atoms with Crippen molar-refractivity contribution in [3.8, 4) is 0 Å². The second-order valence-electron chi connectivity index (χ2n) is 5.84. The highest BCUT2D eigenvalue weighted by Crippen LogP contribution is 2.26. The fraction of sp³-hybridized carbons (Fsp3) is 0.500. The average molecular weight is 383 g/mol. The fourth-order valence-corrected chi connectivity index (χ4v) is 2.73. The molecule has 1 amide bonds. The van der Waals surface area contributed by atoms with E-state index in [2.05, 4.69) is 5.10 Å². The van der Waals surface area contributed by atoms with Gasteiger partial charge in [-0.15, -0.1) is 0 Å². The van der Waals surface area contributed by atoms with E-state index < -0.39 is 30.9 Å². The lowest BCUT2D eigenvalue weighted by Crippen LogP contribution is -2.48. The SMILES string of the molecule is CCOC(=O)C1=NN(c2ccccc2)C(C(=O)N(CCOC)CC(F)F)C1. The Morgan fingerprint density at radius 3 is 2.63 bits per heavy atom. The number of hydrogen-bond acceptors (Lipinski definition) is 6. The Bertz CT molecular complexity index is 670. The van der Waals surface area contributed by atoms with Crippen LogP contribution in [0.15, 0.2) is 35.4 Å². The van der Waals surface area contributed by atoms with Gasteiger partial charge in [-0.25, -0.2) is 13.6 Å². The molecule has 1 atom stereocenters. The van der Waals surface area contributed by atoms with Gasteiger partial charge in [0.25, 0.3) is 6.43 Å². The van der Waals surface area contributed by atoms with Crippen LogP contribution in [-0.4, -0.2) is 68.4 Å². The summed E-state index contributed by atoms with van der Waals surface area (Å²) in [5, 5.41) is 5.62. The van der Waals surface area contributed by atoms with Crippen molar-refractivity contribution in [3.05, 3.63) is 30.3 Å². The third-order valence-corrected chi connectivity index (χ3v) is 3.96. The van der Waals surface area contributed by atoms with Crippen molar-refractivity contribution in [2.24, 2.45) is 5.10 Å². The van der Waals surface area contributed by atoms with Crippen LogP contribution >= 0.6 is 0 Å². The van der Waals surface area contributed by atoms with Crippen LogP contribution in [0.1, 0.15) is 13.3 Å². The van der Waals surface area contributed by atoms with Crippen molar-refractivity contribution in [2.75, 3.05) is 38.4 Å². The van der Waals surface area contributed by atoms with Gasteiger partial charge in [-0.1, -0.05) is 18.2 Å². The minimum absolute atomic E-state index is 0.0146. The van der Waals surface area contributed by atoms with E-state index in [9.17, 15) is 18.4 Å². The monoisotopic (exact) mass is 383 g/mol. The van der Waals surface area contributed by atoms with Gasteiger partial charge in [0.2, 0.25) is 5.91 Å². The van der Waals surface area contributed by atoms with Crippen molar-refractivity contribution in [1.82, 2.24) is 4.90 Å². The molecule has 0 N–H and O–H groups in total. The number of benzene rings is 1. The maximum atomic E-state index is 13.0. The molecule has 0 aliphatic carbocycles. The van der Waals surface area contributed by atoms with E-state index in [1.54, 1.807) is 37.3 Å². The zero-order chi connectivity index (χ0) is 19.8. The molecule has 0 saturated heterocycles. The molecule has 27 heavy (non-hydrogen) atoms. The van der Waals surface area contributed by atoms with E-state index in [0.717, 1.165) is 4.90 Å². The number of ether oxygens (including phenoxy) is 2. The summed E-state index contributed by atoms with van der Waals surface area (Å²) in [7, 11) is 1.43. The van der Waals surface area contributed by atoms with Gasteiger partial charge in [-0.3, -0.25) is 9.80 Å². The van der Waals surface area contributed by atoms with E-state index in [4.69, 9.17) is 9.47 Å². The normalized spacial score (nSPS) is 16.4. The summed E-state index contributed by atoms with van der Waals surface area (Å²) in [5.74, 6) is -1.16. The van der Waals surface area contributed by atoms with Crippen LogP contribution in [0.2, 0.25) is 0 Å². The van der Waals surface area contributed by atoms with Crippen LogP contribution in [-0.2, 0) is 19.1 Å². The van der Waals surface area contributed by atoms with Crippen LogP contribution in [0.3, 0.4) is 0 Å². The van der Waals surface area contributed by atoms with Crippen LogP contribution in [0.4, 0.5) is 14.5 Å². The van der Waals surface area contributed by atoms with Crippen molar-refractivity contribution >= 4 is 23.3 Å². The molecule has 1 aliphatic rings. The van der Waals surface area contributed by atoms with E-state index in [0.29, 0.717) is 5.69 Å².